The highest BCUT2D eigenvalue weighted by molar-refractivity contribution is 8.14. The van der Waals surface area contributed by atoms with Gasteiger partial charge in [-0.1, -0.05) is 23.4 Å². The molecule has 0 radical (unpaired) electrons. The van der Waals surface area contributed by atoms with Gasteiger partial charge < -0.3 is 5.32 Å². The summed E-state index contributed by atoms with van der Waals surface area (Å²) in [6.07, 6.45) is 0. The van der Waals surface area contributed by atoms with E-state index in [9.17, 15) is 24.5 Å². The molecule has 112 valence electrons. The van der Waals surface area contributed by atoms with Crippen molar-refractivity contribution in [1.29, 1.82) is 0 Å². The van der Waals surface area contributed by atoms with Crippen molar-refractivity contribution < 1.29 is 19.3 Å². The summed E-state index contributed by atoms with van der Waals surface area (Å²) in [5.41, 5.74) is -0.326. The number of hydrogen-bond acceptors (Lipinski definition) is 7. The van der Waals surface area contributed by atoms with Crippen molar-refractivity contribution in [2.45, 2.75) is 0 Å². The van der Waals surface area contributed by atoms with E-state index in [1.807, 2.05) is 0 Å². The van der Waals surface area contributed by atoms with Crippen LogP contribution in [-0.2, 0) is 4.79 Å². The monoisotopic (exact) mass is 349 g/mol. The molecular weight excluding hydrogens is 342 g/mol. The molecule has 0 aliphatic carbocycles. The molecule has 1 N–H and O–H groups in total. The number of carbonyl (C=O) groups excluding carboxylic acids is 3. The van der Waals surface area contributed by atoms with E-state index in [2.05, 4.69) is 5.32 Å². The highest BCUT2D eigenvalue weighted by Crippen LogP contribution is 2.33. The van der Waals surface area contributed by atoms with Gasteiger partial charge in [0.05, 0.1) is 10.7 Å². The van der Waals surface area contributed by atoms with E-state index < -0.39 is 10.8 Å². The van der Waals surface area contributed by atoms with Gasteiger partial charge in [0.1, 0.15) is 4.88 Å². The summed E-state index contributed by atoms with van der Waals surface area (Å²) in [4.78, 5) is 45.6. The molecule has 0 spiro atoms. The third-order valence-electron chi connectivity index (χ3n) is 2.55. The van der Waals surface area contributed by atoms with Crippen LogP contribution in [0.3, 0.4) is 0 Å². The SMILES string of the molecule is O=C(NCCN1C(=O)CSC1=O)c1cc([N+](=O)[O-])c(Cl)s1. The summed E-state index contributed by atoms with van der Waals surface area (Å²) >= 11 is 7.36. The topological polar surface area (TPSA) is 110 Å². The number of amides is 3. The van der Waals surface area contributed by atoms with Gasteiger partial charge in [-0.05, 0) is 0 Å². The highest BCUT2D eigenvalue weighted by Gasteiger charge is 2.29. The summed E-state index contributed by atoms with van der Waals surface area (Å²) in [5, 5.41) is 12.8. The lowest BCUT2D eigenvalue weighted by Gasteiger charge is -2.12. The van der Waals surface area contributed by atoms with E-state index in [-0.39, 0.29) is 44.9 Å². The molecule has 1 aromatic heterocycles. The van der Waals surface area contributed by atoms with Gasteiger partial charge in [0.15, 0.2) is 4.34 Å². The minimum Gasteiger partial charge on any atom is -0.350 e. The van der Waals surface area contributed by atoms with E-state index in [0.29, 0.717) is 0 Å². The second-order valence-electron chi connectivity index (χ2n) is 3.88. The van der Waals surface area contributed by atoms with Gasteiger partial charge in [0, 0.05) is 19.2 Å². The first kappa shape index (κ1) is 15.7. The summed E-state index contributed by atoms with van der Waals surface area (Å²) < 4.78 is -0.0774. The van der Waals surface area contributed by atoms with Crippen molar-refractivity contribution in [3.05, 3.63) is 25.4 Å². The minimum absolute atomic E-state index is 0.0671. The summed E-state index contributed by atoms with van der Waals surface area (Å²) in [6.45, 7) is 0.137. The Labute approximate surface area is 131 Å². The molecule has 2 heterocycles. The molecule has 8 nitrogen and oxygen atoms in total. The summed E-state index contributed by atoms with van der Waals surface area (Å²) in [5.74, 6) is -0.727. The molecule has 0 atom stereocenters. The predicted molar refractivity (Wildman–Crippen MR) is 77.9 cm³/mol. The Morgan fingerprint density at radius 3 is 2.76 bits per heavy atom. The summed E-state index contributed by atoms with van der Waals surface area (Å²) in [7, 11) is 0. The maximum Gasteiger partial charge on any atom is 0.299 e. The van der Waals surface area contributed by atoms with Gasteiger partial charge in [-0.15, -0.1) is 11.3 Å². The van der Waals surface area contributed by atoms with Gasteiger partial charge in [-0.3, -0.25) is 29.4 Å². The van der Waals surface area contributed by atoms with E-state index >= 15 is 0 Å². The molecule has 1 aliphatic heterocycles. The first-order valence-electron chi connectivity index (χ1n) is 5.59. The zero-order valence-electron chi connectivity index (χ0n) is 10.3. The Morgan fingerprint density at radius 2 is 2.24 bits per heavy atom. The van der Waals surface area contributed by atoms with Crippen LogP contribution in [0, 0.1) is 10.1 Å². The number of rotatable bonds is 5. The van der Waals surface area contributed by atoms with Crippen LogP contribution in [0.5, 0.6) is 0 Å². The molecule has 1 aromatic rings. The molecule has 0 unspecified atom stereocenters. The molecule has 2 rings (SSSR count). The van der Waals surface area contributed by atoms with Crippen LogP contribution >= 0.6 is 34.7 Å². The fourth-order valence-electron chi connectivity index (χ4n) is 1.56. The molecule has 3 amide bonds. The molecule has 1 saturated heterocycles. The smallest absolute Gasteiger partial charge is 0.299 e. The first-order valence-corrected chi connectivity index (χ1v) is 7.77. The van der Waals surface area contributed by atoms with Crippen LogP contribution in [-0.4, -0.2) is 45.7 Å². The van der Waals surface area contributed by atoms with Gasteiger partial charge in [0.2, 0.25) is 5.91 Å². The zero-order chi connectivity index (χ0) is 15.6. The van der Waals surface area contributed by atoms with E-state index in [4.69, 9.17) is 11.6 Å². The van der Waals surface area contributed by atoms with Crippen LogP contribution in [0.15, 0.2) is 6.07 Å². The fourth-order valence-corrected chi connectivity index (χ4v) is 3.45. The van der Waals surface area contributed by atoms with Crippen molar-refractivity contribution >= 4 is 57.4 Å². The number of thiophene rings is 1. The van der Waals surface area contributed by atoms with Crippen LogP contribution < -0.4 is 5.32 Å². The van der Waals surface area contributed by atoms with E-state index in [1.54, 1.807) is 0 Å². The van der Waals surface area contributed by atoms with Gasteiger partial charge in [0.25, 0.3) is 16.8 Å². The Morgan fingerprint density at radius 1 is 1.52 bits per heavy atom. The lowest BCUT2D eigenvalue weighted by atomic mass is 10.4. The van der Waals surface area contributed by atoms with Crippen LogP contribution in [0.25, 0.3) is 0 Å². The minimum atomic E-state index is -0.672. The third kappa shape index (κ3) is 3.52. The van der Waals surface area contributed by atoms with E-state index in [1.165, 1.54) is 0 Å². The quantitative estimate of drug-likeness (QED) is 0.640. The third-order valence-corrected chi connectivity index (χ3v) is 4.75. The highest BCUT2D eigenvalue weighted by atomic mass is 35.5. The van der Waals surface area contributed by atoms with Crippen LogP contribution in [0.4, 0.5) is 10.5 Å². The lowest BCUT2D eigenvalue weighted by Crippen LogP contribution is -2.37. The van der Waals surface area contributed by atoms with E-state index in [0.717, 1.165) is 34.1 Å². The largest absolute Gasteiger partial charge is 0.350 e. The molecule has 1 aliphatic rings. The molecule has 0 aromatic carbocycles. The molecule has 0 saturated carbocycles. The average molecular weight is 350 g/mol. The number of imide groups is 1. The second-order valence-corrected chi connectivity index (χ2v) is 6.46. The summed E-state index contributed by atoms with van der Waals surface area (Å²) in [6, 6.07) is 1.09. The number of nitro groups is 1. The van der Waals surface area contributed by atoms with Gasteiger partial charge in [-0.2, -0.15) is 0 Å². The number of hydrogen-bond donors (Lipinski definition) is 1. The normalized spacial score (nSPS) is 14.6. The van der Waals surface area contributed by atoms with Crippen molar-refractivity contribution in [2.24, 2.45) is 0 Å². The maximum absolute atomic E-state index is 11.8. The average Bonchev–Trinajstić information content (AvgIpc) is 2.95. The van der Waals surface area contributed by atoms with Crippen molar-refractivity contribution in [2.75, 3.05) is 18.8 Å². The van der Waals surface area contributed by atoms with Crippen molar-refractivity contribution in [1.82, 2.24) is 10.2 Å². The van der Waals surface area contributed by atoms with Gasteiger partial charge in [-0.25, -0.2) is 0 Å². The Kier molecular flexibility index (Phi) is 4.80. The van der Waals surface area contributed by atoms with Gasteiger partial charge >= 0.3 is 0 Å². The van der Waals surface area contributed by atoms with Crippen LogP contribution in [0.1, 0.15) is 9.67 Å². The second kappa shape index (κ2) is 6.41. The molecule has 1 fully saturated rings. The van der Waals surface area contributed by atoms with Crippen molar-refractivity contribution in [3.63, 3.8) is 0 Å². The Hall–Kier alpha value is -1.65. The molecule has 21 heavy (non-hydrogen) atoms. The fraction of sp³-hybridized carbons (Fsp3) is 0.300. The standard InChI is InChI=1S/C10H8ClN3O5S2/c11-8-5(14(18)19)3-6(21-8)9(16)12-1-2-13-7(15)4-20-10(13)17/h3H,1-2,4H2,(H,12,16). The number of nitrogens with zero attached hydrogens (tertiary/aromatic N) is 2. The molecule has 11 heteroatoms. The number of thioether (sulfide) groups is 1. The van der Waals surface area contributed by atoms with Crippen molar-refractivity contribution in [3.8, 4) is 0 Å². The lowest BCUT2D eigenvalue weighted by molar-refractivity contribution is -0.384. The number of halogens is 1. The number of nitrogens with one attached hydrogen (secondary N) is 1. The Bertz CT molecular complexity index is 616. The molecular formula is C10H8ClN3O5S2. The number of carbonyl (C=O) groups is 3. The maximum atomic E-state index is 11.8. The first-order chi connectivity index (χ1) is 9.90. The van der Waals surface area contributed by atoms with Crippen LogP contribution in [0.2, 0.25) is 4.34 Å². The molecule has 0 bridgehead atoms. The predicted octanol–water partition coefficient (Wildman–Crippen LogP) is 1.73. The Balaban J connectivity index is 1.90. The zero-order valence-corrected chi connectivity index (χ0v) is 12.7.